The average molecular weight is 333 g/mol. The van der Waals surface area contributed by atoms with Crippen LogP contribution >= 0.6 is 15.9 Å². The zero-order chi connectivity index (χ0) is 14.3. The number of alkyl carbamates (subject to hydrolysis) is 1. The highest BCUT2D eigenvalue weighted by Crippen LogP contribution is 2.15. The number of hydrogen-bond acceptors (Lipinski definition) is 4. The first-order chi connectivity index (χ1) is 9.02. The Labute approximate surface area is 120 Å². The predicted octanol–water partition coefficient (Wildman–Crippen LogP) is 2.14. The quantitative estimate of drug-likeness (QED) is 0.866. The van der Waals surface area contributed by atoms with Gasteiger partial charge in [0.2, 0.25) is 5.91 Å². The first-order valence-corrected chi connectivity index (χ1v) is 6.71. The van der Waals surface area contributed by atoms with Crippen molar-refractivity contribution in [3.8, 4) is 0 Å². The maximum atomic E-state index is 11.8. The summed E-state index contributed by atoms with van der Waals surface area (Å²) in [7, 11) is 1.68. The molecule has 0 bridgehead atoms. The van der Waals surface area contributed by atoms with Gasteiger partial charge >= 0.3 is 6.09 Å². The Morgan fingerprint density at radius 1 is 1.47 bits per heavy atom. The summed E-state index contributed by atoms with van der Waals surface area (Å²) in [4.78, 5) is 24.3. The van der Waals surface area contributed by atoms with Crippen LogP contribution < -0.4 is 5.32 Å². The monoisotopic (exact) mass is 332 g/mol. The fourth-order valence-electron chi connectivity index (χ4n) is 1.40. The molecule has 0 saturated heterocycles. The number of amides is 2. The zero-order valence-corrected chi connectivity index (χ0v) is 12.5. The molecule has 6 nitrogen and oxygen atoms in total. The van der Waals surface area contributed by atoms with Crippen LogP contribution in [0.4, 0.5) is 4.79 Å². The Balaban J connectivity index is 2.27. The average Bonchev–Trinajstić information content (AvgIpc) is 2.75. The van der Waals surface area contributed by atoms with Crippen molar-refractivity contribution in [1.29, 1.82) is 0 Å². The summed E-state index contributed by atoms with van der Waals surface area (Å²) in [5.74, 6) is 0.616. The van der Waals surface area contributed by atoms with E-state index in [0.717, 1.165) is 0 Å². The number of furan rings is 1. The number of hydrogen-bond donors (Lipinski definition) is 1. The summed E-state index contributed by atoms with van der Waals surface area (Å²) in [6.07, 6.45) is -0.287. The summed E-state index contributed by atoms with van der Waals surface area (Å²) >= 11 is 3.20. The van der Waals surface area contributed by atoms with Crippen molar-refractivity contribution in [1.82, 2.24) is 10.2 Å². The third-order valence-corrected chi connectivity index (χ3v) is 2.76. The minimum Gasteiger partial charge on any atom is -0.452 e. The second-order valence-electron chi connectivity index (χ2n) is 3.85. The zero-order valence-electron chi connectivity index (χ0n) is 10.9. The van der Waals surface area contributed by atoms with Crippen LogP contribution in [0.2, 0.25) is 0 Å². The molecular weight excluding hydrogens is 316 g/mol. The second kappa shape index (κ2) is 7.83. The molecule has 0 atom stereocenters. The van der Waals surface area contributed by atoms with Crippen LogP contribution in [0.3, 0.4) is 0 Å². The van der Waals surface area contributed by atoms with Gasteiger partial charge in [0.1, 0.15) is 5.76 Å². The summed E-state index contributed by atoms with van der Waals surface area (Å²) < 4.78 is 10.6. The highest BCUT2D eigenvalue weighted by Gasteiger charge is 2.11. The van der Waals surface area contributed by atoms with Gasteiger partial charge in [0, 0.05) is 20.0 Å². The maximum Gasteiger partial charge on any atom is 0.407 e. The van der Waals surface area contributed by atoms with Gasteiger partial charge in [-0.05, 0) is 35.0 Å². The van der Waals surface area contributed by atoms with E-state index in [-0.39, 0.29) is 18.9 Å². The normalized spacial score (nSPS) is 10.1. The van der Waals surface area contributed by atoms with Crippen molar-refractivity contribution in [3.05, 3.63) is 22.6 Å². The molecule has 0 aliphatic heterocycles. The highest BCUT2D eigenvalue weighted by atomic mass is 79.9. The van der Waals surface area contributed by atoms with E-state index in [2.05, 4.69) is 26.0 Å². The number of halogens is 1. The van der Waals surface area contributed by atoms with Gasteiger partial charge in [0.15, 0.2) is 4.67 Å². The molecule has 0 fully saturated rings. The Kier molecular flexibility index (Phi) is 6.41. The number of nitrogens with one attached hydrogen (secondary N) is 1. The van der Waals surface area contributed by atoms with Crippen LogP contribution in [0.5, 0.6) is 0 Å². The highest BCUT2D eigenvalue weighted by molar-refractivity contribution is 9.10. The van der Waals surface area contributed by atoms with E-state index in [1.54, 1.807) is 26.1 Å². The molecule has 0 radical (unpaired) electrons. The predicted molar refractivity (Wildman–Crippen MR) is 72.5 cm³/mol. The first-order valence-electron chi connectivity index (χ1n) is 5.91. The maximum absolute atomic E-state index is 11.8. The lowest BCUT2D eigenvalue weighted by molar-refractivity contribution is -0.130. The molecule has 0 aliphatic rings. The number of ether oxygens (including phenoxy) is 1. The van der Waals surface area contributed by atoms with Crippen LogP contribution in [0, 0.1) is 0 Å². The largest absolute Gasteiger partial charge is 0.452 e. The lowest BCUT2D eigenvalue weighted by Crippen LogP contribution is -2.32. The van der Waals surface area contributed by atoms with Gasteiger partial charge in [-0.2, -0.15) is 0 Å². The molecule has 1 heterocycles. The Morgan fingerprint density at radius 3 is 2.79 bits per heavy atom. The van der Waals surface area contributed by atoms with Crippen LogP contribution in [0.1, 0.15) is 19.1 Å². The third-order valence-electron chi connectivity index (χ3n) is 2.33. The van der Waals surface area contributed by atoms with Gasteiger partial charge in [-0.25, -0.2) is 4.79 Å². The van der Waals surface area contributed by atoms with Crippen LogP contribution in [-0.4, -0.2) is 37.1 Å². The molecule has 19 heavy (non-hydrogen) atoms. The molecule has 1 aromatic heterocycles. The molecule has 1 rings (SSSR count). The van der Waals surface area contributed by atoms with Crippen molar-refractivity contribution in [3.63, 3.8) is 0 Å². The van der Waals surface area contributed by atoms with E-state index in [4.69, 9.17) is 4.42 Å². The Morgan fingerprint density at radius 2 is 2.21 bits per heavy atom. The van der Waals surface area contributed by atoms with E-state index in [1.165, 1.54) is 4.90 Å². The molecule has 7 heteroatoms. The van der Waals surface area contributed by atoms with E-state index >= 15 is 0 Å². The molecular formula is C12H17BrN2O4. The van der Waals surface area contributed by atoms with Crippen molar-refractivity contribution in [2.45, 2.75) is 19.9 Å². The van der Waals surface area contributed by atoms with Crippen molar-refractivity contribution >= 4 is 27.9 Å². The lowest BCUT2D eigenvalue weighted by atomic mass is 10.3. The third kappa shape index (κ3) is 5.78. The second-order valence-corrected chi connectivity index (χ2v) is 4.63. The molecule has 0 aliphatic carbocycles. The standard InChI is InChI=1S/C12H17BrN2O4/c1-3-18-12(17)14-7-6-11(16)15(2)8-9-4-5-10(13)19-9/h4-5H,3,6-8H2,1-2H3,(H,14,17). The van der Waals surface area contributed by atoms with Crippen LogP contribution in [0.25, 0.3) is 0 Å². The van der Waals surface area contributed by atoms with Crippen molar-refractivity contribution < 1.29 is 18.7 Å². The first kappa shape index (κ1) is 15.6. The topological polar surface area (TPSA) is 71.8 Å². The molecule has 1 N–H and O–H groups in total. The van der Waals surface area contributed by atoms with Crippen molar-refractivity contribution in [2.24, 2.45) is 0 Å². The molecule has 0 unspecified atom stereocenters. The lowest BCUT2D eigenvalue weighted by Gasteiger charge is -2.15. The number of carbonyl (C=O) groups is 2. The summed E-state index contributed by atoms with van der Waals surface area (Å²) in [5.41, 5.74) is 0. The van der Waals surface area contributed by atoms with Crippen LogP contribution in [0.15, 0.2) is 21.2 Å². The SMILES string of the molecule is CCOC(=O)NCCC(=O)N(C)Cc1ccc(Br)o1. The smallest absolute Gasteiger partial charge is 0.407 e. The number of nitrogens with zero attached hydrogens (tertiary/aromatic N) is 1. The molecule has 0 aromatic carbocycles. The van der Waals surface area contributed by atoms with E-state index in [0.29, 0.717) is 23.6 Å². The summed E-state index contributed by atoms with van der Waals surface area (Å²) in [6, 6.07) is 3.57. The van der Waals surface area contributed by atoms with Gasteiger partial charge in [-0.3, -0.25) is 4.79 Å². The van der Waals surface area contributed by atoms with E-state index in [9.17, 15) is 9.59 Å². The fraction of sp³-hybridized carbons (Fsp3) is 0.500. The molecule has 1 aromatic rings. The molecule has 0 saturated carbocycles. The van der Waals surface area contributed by atoms with E-state index < -0.39 is 6.09 Å². The van der Waals surface area contributed by atoms with Gasteiger partial charge in [0.05, 0.1) is 13.2 Å². The van der Waals surface area contributed by atoms with E-state index in [1.807, 2.05) is 0 Å². The number of rotatable bonds is 6. The molecule has 2 amide bonds. The Hall–Kier alpha value is -1.50. The van der Waals surface area contributed by atoms with Gasteiger partial charge < -0.3 is 19.4 Å². The van der Waals surface area contributed by atoms with Crippen molar-refractivity contribution in [2.75, 3.05) is 20.2 Å². The van der Waals surface area contributed by atoms with Gasteiger partial charge in [-0.1, -0.05) is 0 Å². The van der Waals surface area contributed by atoms with Crippen LogP contribution in [-0.2, 0) is 16.1 Å². The minimum atomic E-state index is -0.507. The fourth-order valence-corrected chi connectivity index (χ4v) is 1.74. The Bertz CT molecular complexity index is 433. The molecule has 106 valence electrons. The molecule has 0 spiro atoms. The summed E-state index contributed by atoms with van der Waals surface area (Å²) in [6.45, 7) is 2.68. The van der Waals surface area contributed by atoms with Gasteiger partial charge in [-0.15, -0.1) is 0 Å². The minimum absolute atomic E-state index is 0.0793. The number of carbonyl (C=O) groups excluding carboxylic acids is 2. The van der Waals surface area contributed by atoms with Gasteiger partial charge in [0.25, 0.3) is 0 Å². The summed E-state index contributed by atoms with van der Waals surface area (Å²) in [5, 5.41) is 2.50.